The fourth-order valence-electron chi connectivity index (χ4n) is 0. The van der Waals surface area contributed by atoms with Crippen LogP contribution in [0.4, 0.5) is 0 Å². The Bertz CT molecular complexity index is 36.5. The number of hydrogen-bond donors (Lipinski definition) is 1. The van der Waals surface area contributed by atoms with E-state index in [2.05, 4.69) is 12.2 Å². The van der Waals surface area contributed by atoms with Gasteiger partial charge in [-0.15, -0.1) is 17.0 Å². The van der Waals surface area contributed by atoms with Gasteiger partial charge in [0.15, 0.2) is 0 Å². The van der Waals surface area contributed by atoms with Crippen molar-refractivity contribution in [2.24, 2.45) is 0 Å². The van der Waals surface area contributed by atoms with E-state index in [1.54, 1.807) is 0 Å². The van der Waals surface area contributed by atoms with Crippen molar-refractivity contribution in [3.63, 3.8) is 0 Å². The normalized spacial score (nSPS) is 7.33. The van der Waals surface area contributed by atoms with E-state index in [0.717, 1.165) is 0 Å². The Hall–Kier alpha value is 1.49. The standard InChI is InChI=1S/BrH.Li.HO2PS/c;;1-3(2)4/h1H;;(H,1,2,4). The van der Waals surface area contributed by atoms with E-state index >= 15 is 0 Å². The summed E-state index contributed by atoms with van der Waals surface area (Å²) in [6, 6.07) is 0. The molecule has 0 aromatic carbocycles. The summed E-state index contributed by atoms with van der Waals surface area (Å²) in [4.78, 5) is 7.38. The molecule has 2 nitrogen and oxygen atoms in total. The number of halogens is 1. The molecular weight excluding hydrogens is 182 g/mol. The molecule has 0 aliphatic rings. The van der Waals surface area contributed by atoms with Crippen molar-refractivity contribution >= 4 is 55.3 Å². The molecule has 0 fully saturated rings. The van der Waals surface area contributed by atoms with Gasteiger partial charge in [-0.25, -0.2) is 0 Å². The molecule has 0 spiro atoms. The zero-order valence-electron chi connectivity index (χ0n) is 3.12. The van der Waals surface area contributed by atoms with Crippen molar-refractivity contribution in [3.05, 3.63) is 0 Å². The first kappa shape index (κ1) is 15.6. The van der Waals surface area contributed by atoms with E-state index in [-0.39, 0.29) is 35.8 Å². The van der Waals surface area contributed by atoms with Crippen LogP contribution in [-0.2, 0) is 16.8 Å². The molecule has 0 aromatic rings. The maximum Gasteiger partial charge on any atom is 0.369 e. The van der Waals surface area contributed by atoms with Crippen LogP contribution in [0.3, 0.4) is 0 Å². The van der Waals surface area contributed by atoms with Crippen LogP contribution in [0.25, 0.3) is 0 Å². The van der Waals surface area contributed by atoms with Crippen LogP contribution in [0.5, 0.6) is 0 Å². The molecule has 33 valence electrons. The van der Waals surface area contributed by atoms with Gasteiger partial charge in [0.25, 0.3) is 0 Å². The second-order valence-corrected chi connectivity index (χ2v) is 1.65. The predicted molar refractivity (Wildman–Crippen MR) is 33.3 cm³/mol. The molecule has 0 aliphatic heterocycles. The fraction of sp³-hybridized carbons (Fsp3) is 0. The monoisotopic (exact) mass is 183 g/mol. The van der Waals surface area contributed by atoms with Gasteiger partial charge in [-0.05, 0) is 0 Å². The molecule has 0 saturated carbocycles. The van der Waals surface area contributed by atoms with Crippen LogP contribution in [0, 0.1) is 0 Å². The molecule has 0 amide bonds. The third-order valence-corrected chi connectivity index (χ3v) is 0. The predicted octanol–water partition coefficient (Wildman–Crippen LogP) is 0.380. The summed E-state index contributed by atoms with van der Waals surface area (Å²) in [5.74, 6) is 0. The molecule has 6 heavy (non-hydrogen) atoms. The summed E-state index contributed by atoms with van der Waals surface area (Å²) >= 11 is 3.69. The summed E-state index contributed by atoms with van der Waals surface area (Å²) in [5, 5.41) is 0. The van der Waals surface area contributed by atoms with E-state index < -0.39 is 7.23 Å². The van der Waals surface area contributed by atoms with E-state index in [1.165, 1.54) is 0 Å². The van der Waals surface area contributed by atoms with Gasteiger partial charge in [-0.2, -0.15) is 4.89 Å². The Morgan fingerprint density at radius 1 is 1.67 bits per heavy atom. The van der Waals surface area contributed by atoms with Crippen molar-refractivity contribution in [3.8, 4) is 0 Å². The summed E-state index contributed by atoms with van der Waals surface area (Å²) in [6.07, 6.45) is 0. The maximum absolute atomic E-state index is 8.96. The Kier molecular flexibility index (Phi) is 25.3. The molecule has 0 heterocycles. The Balaban J connectivity index is -0.0000000450. The van der Waals surface area contributed by atoms with Crippen LogP contribution in [0.1, 0.15) is 0 Å². The molecule has 0 aliphatic carbocycles. The Labute approximate surface area is 64.7 Å². The van der Waals surface area contributed by atoms with Crippen LogP contribution in [-0.4, -0.2) is 23.8 Å². The smallest absolute Gasteiger partial charge is 0.369 e. The Morgan fingerprint density at radius 2 is 1.67 bits per heavy atom. The zero-order chi connectivity index (χ0) is 3.58. The molecule has 1 N–H and O–H groups in total. The van der Waals surface area contributed by atoms with Gasteiger partial charge >= 0.3 is 7.23 Å². The topological polar surface area (TPSA) is 37.3 Å². The van der Waals surface area contributed by atoms with Gasteiger partial charge in [0.1, 0.15) is 0 Å². The minimum absolute atomic E-state index is 0. The zero-order valence-corrected chi connectivity index (χ0v) is 6.54. The van der Waals surface area contributed by atoms with E-state index in [4.69, 9.17) is 9.46 Å². The molecule has 0 bridgehead atoms. The van der Waals surface area contributed by atoms with Crippen molar-refractivity contribution < 1.29 is 9.46 Å². The molecule has 0 aromatic heterocycles. The first-order valence-corrected chi connectivity index (χ1v) is 2.79. The molecule has 6 heteroatoms. The van der Waals surface area contributed by atoms with Gasteiger partial charge < -0.3 is 12.2 Å². The summed E-state index contributed by atoms with van der Waals surface area (Å²) in [7, 11) is -2.29. The summed E-state index contributed by atoms with van der Waals surface area (Å²) < 4.78 is 8.96. The van der Waals surface area contributed by atoms with Crippen LogP contribution in [0.2, 0.25) is 0 Å². The quantitative estimate of drug-likeness (QED) is 0.336. The first-order chi connectivity index (χ1) is 1.73. The molecular formula is H2BrLiO2PS. The van der Waals surface area contributed by atoms with Crippen molar-refractivity contribution in [1.29, 1.82) is 0 Å². The minimum Gasteiger partial charge on any atom is -0.408 e. The fourth-order valence-corrected chi connectivity index (χ4v) is 0. The number of rotatable bonds is 0. The average Bonchev–Trinajstić information content (AvgIpc) is 0.811. The van der Waals surface area contributed by atoms with Crippen LogP contribution in [0.15, 0.2) is 0 Å². The van der Waals surface area contributed by atoms with Gasteiger partial charge in [0.2, 0.25) is 0 Å². The SMILES string of the molecule is Br.O=[P+](O)[S-].[Li]. The van der Waals surface area contributed by atoms with Crippen molar-refractivity contribution in [2.45, 2.75) is 0 Å². The van der Waals surface area contributed by atoms with Crippen molar-refractivity contribution in [1.82, 2.24) is 0 Å². The molecule has 0 saturated heterocycles. The van der Waals surface area contributed by atoms with Crippen LogP contribution >= 0.6 is 24.2 Å². The third-order valence-electron chi connectivity index (χ3n) is 0. The second-order valence-electron chi connectivity index (χ2n) is 0.238. The van der Waals surface area contributed by atoms with Gasteiger partial charge in [0, 0.05) is 18.9 Å². The average molecular weight is 184 g/mol. The van der Waals surface area contributed by atoms with E-state index in [1.807, 2.05) is 0 Å². The minimum atomic E-state index is -2.29. The maximum atomic E-state index is 8.96. The van der Waals surface area contributed by atoms with E-state index in [9.17, 15) is 0 Å². The van der Waals surface area contributed by atoms with E-state index in [0.29, 0.717) is 0 Å². The molecule has 1 unspecified atom stereocenters. The first-order valence-electron chi connectivity index (χ1n) is 0.565. The summed E-state index contributed by atoms with van der Waals surface area (Å²) in [5.41, 5.74) is 0. The summed E-state index contributed by atoms with van der Waals surface area (Å²) in [6.45, 7) is 0. The largest absolute Gasteiger partial charge is 0.408 e. The van der Waals surface area contributed by atoms with Gasteiger partial charge in [0.05, 0.1) is 0 Å². The molecule has 0 rings (SSSR count). The van der Waals surface area contributed by atoms with Crippen molar-refractivity contribution in [2.75, 3.05) is 0 Å². The van der Waals surface area contributed by atoms with Gasteiger partial charge in [-0.3, -0.25) is 0 Å². The van der Waals surface area contributed by atoms with Crippen LogP contribution < -0.4 is 0 Å². The molecule has 1 atom stereocenters. The van der Waals surface area contributed by atoms with Gasteiger partial charge in [-0.1, -0.05) is 4.57 Å². The molecule has 1 radical (unpaired) electrons. The third kappa shape index (κ3) is 49.9. The number of hydrogen-bond acceptors (Lipinski definition) is 2. The second kappa shape index (κ2) is 9.70. The Morgan fingerprint density at radius 3 is 1.67 bits per heavy atom.